The van der Waals surface area contributed by atoms with E-state index in [4.69, 9.17) is 9.47 Å². The minimum atomic E-state index is 0.102. The van der Waals surface area contributed by atoms with Gasteiger partial charge in [-0.2, -0.15) is 0 Å². The van der Waals surface area contributed by atoms with Crippen molar-refractivity contribution in [3.05, 3.63) is 59.8 Å². The Morgan fingerprint density at radius 3 is 2.81 bits per heavy atom. The van der Waals surface area contributed by atoms with Gasteiger partial charge in [-0.1, -0.05) is 12.1 Å². The number of fused-ring (bicyclic) bond motifs is 2. The van der Waals surface area contributed by atoms with Crippen molar-refractivity contribution in [2.75, 3.05) is 39.4 Å². The summed E-state index contributed by atoms with van der Waals surface area (Å²) in [5, 5.41) is 1.22. The van der Waals surface area contributed by atoms with Crippen LogP contribution in [0.25, 0.3) is 10.9 Å². The first-order chi connectivity index (χ1) is 17.7. The lowest BCUT2D eigenvalue weighted by Gasteiger charge is -2.33. The summed E-state index contributed by atoms with van der Waals surface area (Å²) in [6, 6.07) is 15.7. The molecule has 3 aliphatic heterocycles. The Balaban J connectivity index is 1.05. The maximum Gasteiger partial charge on any atom is 0.257 e. The Hall–Kier alpha value is -2.99. The van der Waals surface area contributed by atoms with Gasteiger partial charge in [-0.15, -0.1) is 0 Å². The van der Waals surface area contributed by atoms with Crippen molar-refractivity contribution in [1.29, 1.82) is 0 Å². The lowest BCUT2D eigenvalue weighted by Crippen LogP contribution is -2.39. The third-order valence-corrected chi connectivity index (χ3v) is 8.33. The summed E-state index contributed by atoms with van der Waals surface area (Å²) >= 11 is 0. The highest BCUT2D eigenvalue weighted by atomic mass is 16.5. The zero-order valence-corrected chi connectivity index (χ0v) is 21.3. The summed E-state index contributed by atoms with van der Waals surface area (Å²) in [7, 11) is 0. The summed E-state index contributed by atoms with van der Waals surface area (Å²) in [4.78, 5) is 17.8. The Labute approximate surface area is 213 Å². The fourth-order valence-electron chi connectivity index (χ4n) is 6.23. The number of carbonyl (C=O) groups is 1. The van der Waals surface area contributed by atoms with Crippen molar-refractivity contribution in [2.45, 2.75) is 57.5 Å². The number of carbonyl (C=O) groups excluding carboxylic acids is 1. The molecule has 3 aliphatic rings. The molecular weight excluding hydrogens is 450 g/mol. The highest BCUT2D eigenvalue weighted by molar-refractivity contribution is 5.97. The van der Waals surface area contributed by atoms with Crippen LogP contribution in [0.5, 0.6) is 11.5 Å². The Bertz CT molecular complexity index is 1230. The quantitative estimate of drug-likeness (QED) is 0.424. The van der Waals surface area contributed by atoms with Crippen LogP contribution in [0.3, 0.4) is 0 Å². The maximum absolute atomic E-state index is 13.2. The van der Waals surface area contributed by atoms with Crippen LogP contribution in [0, 0.1) is 0 Å². The highest BCUT2D eigenvalue weighted by Crippen LogP contribution is 2.33. The van der Waals surface area contributed by atoms with Crippen molar-refractivity contribution < 1.29 is 14.3 Å². The molecule has 6 rings (SSSR count). The number of aromatic nitrogens is 1. The van der Waals surface area contributed by atoms with E-state index < -0.39 is 0 Å². The predicted octanol–water partition coefficient (Wildman–Crippen LogP) is 5.31. The van der Waals surface area contributed by atoms with Crippen molar-refractivity contribution in [1.82, 2.24) is 14.4 Å². The number of hydrogen-bond donors (Lipinski definition) is 0. The van der Waals surface area contributed by atoms with Crippen LogP contribution in [0.2, 0.25) is 0 Å². The van der Waals surface area contributed by atoms with Gasteiger partial charge in [-0.3, -0.25) is 4.79 Å². The topological polar surface area (TPSA) is 46.9 Å². The van der Waals surface area contributed by atoms with E-state index in [0.29, 0.717) is 12.6 Å². The minimum Gasteiger partial charge on any atom is -0.494 e. The van der Waals surface area contributed by atoms with E-state index in [-0.39, 0.29) is 5.91 Å². The number of piperidine rings is 1. The average molecular weight is 488 g/mol. The molecule has 0 aliphatic carbocycles. The van der Waals surface area contributed by atoms with Crippen molar-refractivity contribution in [3.63, 3.8) is 0 Å². The fraction of sp³-hybridized carbons (Fsp3) is 0.500. The molecule has 190 valence electrons. The van der Waals surface area contributed by atoms with Crippen LogP contribution in [-0.4, -0.2) is 65.7 Å². The largest absolute Gasteiger partial charge is 0.494 e. The van der Waals surface area contributed by atoms with E-state index in [2.05, 4.69) is 52.9 Å². The molecule has 0 bridgehead atoms. The van der Waals surface area contributed by atoms with Crippen molar-refractivity contribution >= 4 is 16.8 Å². The summed E-state index contributed by atoms with van der Waals surface area (Å²) in [5.41, 5.74) is 3.11. The summed E-state index contributed by atoms with van der Waals surface area (Å²) < 4.78 is 14.2. The van der Waals surface area contributed by atoms with Crippen LogP contribution < -0.4 is 9.47 Å². The zero-order valence-electron chi connectivity index (χ0n) is 21.3. The molecule has 2 saturated heterocycles. The molecule has 2 fully saturated rings. The van der Waals surface area contributed by atoms with Crippen LogP contribution in [-0.2, 0) is 6.42 Å². The first-order valence-electron chi connectivity index (χ1n) is 13.7. The van der Waals surface area contributed by atoms with Gasteiger partial charge >= 0.3 is 0 Å². The standard InChI is InChI=1S/C30H37N3O3/c1-22-5-3-14-31(22)15-4-19-35-26-8-9-28-24(21-26)10-18-33(28)25-11-16-32(17-12-25)30(34)27-7-2-6-23-13-20-36-29(23)27/h2,6-10,18,21-22,25H,3-5,11-17,19-20H2,1H3/t22-/m1/s1. The van der Waals surface area contributed by atoms with Gasteiger partial charge in [0.05, 0.1) is 18.8 Å². The number of rotatable bonds is 7. The van der Waals surface area contributed by atoms with E-state index >= 15 is 0 Å². The van der Waals surface area contributed by atoms with Gasteiger partial charge in [-0.25, -0.2) is 0 Å². The maximum atomic E-state index is 13.2. The van der Waals surface area contributed by atoms with Crippen LogP contribution in [0.15, 0.2) is 48.7 Å². The monoisotopic (exact) mass is 487 g/mol. The first kappa shape index (κ1) is 23.4. The van der Waals surface area contributed by atoms with E-state index in [0.717, 1.165) is 80.6 Å². The molecule has 0 radical (unpaired) electrons. The van der Waals surface area contributed by atoms with Gasteiger partial charge < -0.3 is 23.8 Å². The molecule has 1 atom stereocenters. The Kier molecular flexibility index (Phi) is 6.61. The van der Waals surface area contributed by atoms with Crippen LogP contribution in [0.1, 0.15) is 61.0 Å². The average Bonchev–Trinajstić information content (AvgIpc) is 3.65. The van der Waals surface area contributed by atoms with Gasteiger partial charge in [-0.05, 0) is 81.5 Å². The molecule has 0 N–H and O–H groups in total. The molecule has 2 aromatic carbocycles. The highest BCUT2D eigenvalue weighted by Gasteiger charge is 2.28. The lowest BCUT2D eigenvalue weighted by atomic mass is 10.0. The molecule has 1 amide bonds. The fourth-order valence-corrected chi connectivity index (χ4v) is 6.23. The SMILES string of the molecule is C[C@@H]1CCCN1CCCOc1ccc2c(ccn2C2CCN(C(=O)c3cccc4c3OCC4)CC2)c1. The molecule has 36 heavy (non-hydrogen) atoms. The number of ether oxygens (including phenoxy) is 2. The molecule has 6 heteroatoms. The number of benzene rings is 2. The molecule has 6 nitrogen and oxygen atoms in total. The molecular formula is C30H37N3O3. The van der Waals surface area contributed by atoms with E-state index in [1.54, 1.807) is 0 Å². The molecule has 4 heterocycles. The number of para-hydroxylation sites is 1. The minimum absolute atomic E-state index is 0.102. The Morgan fingerprint density at radius 1 is 1.08 bits per heavy atom. The number of nitrogens with zero attached hydrogens (tertiary/aromatic N) is 3. The van der Waals surface area contributed by atoms with Crippen LogP contribution in [0.4, 0.5) is 0 Å². The molecule has 1 aromatic heterocycles. The number of hydrogen-bond acceptors (Lipinski definition) is 4. The van der Waals surface area contributed by atoms with E-state index in [9.17, 15) is 4.79 Å². The van der Waals surface area contributed by atoms with Crippen molar-refractivity contribution in [2.24, 2.45) is 0 Å². The molecule has 0 spiro atoms. The molecule has 0 saturated carbocycles. The third kappa shape index (κ3) is 4.59. The summed E-state index contributed by atoms with van der Waals surface area (Å²) in [6.07, 6.45) is 8.73. The normalized spacial score (nSPS) is 20.6. The van der Waals surface area contributed by atoms with Gasteiger partial charge in [0, 0.05) is 55.2 Å². The second-order valence-electron chi connectivity index (χ2n) is 10.6. The smallest absolute Gasteiger partial charge is 0.257 e. The molecule has 0 unspecified atom stereocenters. The zero-order chi connectivity index (χ0) is 24.5. The van der Waals surface area contributed by atoms with Gasteiger partial charge in [0.25, 0.3) is 5.91 Å². The third-order valence-electron chi connectivity index (χ3n) is 8.33. The lowest BCUT2D eigenvalue weighted by molar-refractivity contribution is 0.0692. The number of amides is 1. The van der Waals surface area contributed by atoms with E-state index in [1.807, 2.05) is 17.0 Å². The van der Waals surface area contributed by atoms with Crippen LogP contribution >= 0.6 is 0 Å². The van der Waals surface area contributed by atoms with Crippen molar-refractivity contribution in [3.8, 4) is 11.5 Å². The second kappa shape index (κ2) is 10.2. The molecule has 3 aromatic rings. The first-order valence-corrected chi connectivity index (χ1v) is 13.7. The van der Waals surface area contributed by atoms with Gasteiger partial charge in [0.15, 0.2) is 0 Å². The summed E-state index contributed by atoms with van der Waals surface area (Å²) in [5.74, 6) is 1.85. The number of likely N-dealkylation sites (tertiary alicyclic amines) is 2. The van der Waals surface area contributed by atoms with Gasteiger partial charge in [0.1, 0.15) is 11.5 Å². The van der Waals surface area contributed by atoms with E-state index in [1.165, 1.54) is 30.3 Å². The Morgan fingerprint density at radius 2 is 1.97 bits per heavy atom. The summed E-state index contributed by atoms with van der Waals surface area (Å²) in [6.45, 7) is 7.66. The van der Waals surface area contributed by atoms with Gasteiger partial charge in [0.2, 0.25) is 0 Å². The predicted molar refractivity (Wildman–Crippen MR) is 142 cm³/mol. The second-order valence-corrected chi connectivity index (χ2v) is 10.6.